The summed E-state index contributed by atoms with van der Waals surface area (Å²) in [5.41, 5.74) is -1.67. The van der Waals surface area contributed by atoms with Crippen molar-refractivity contribution in [2.75, 3.05) is 0 Å². The monoisotopic (exact) mass is 384 g/mol. The molecule has 3 N–H and O–H groups in total. The quantitative estimate of drug-likeness (QED) is 0.458. The summed E-state index contributed by atoms with van der Waals surface area (Å²) in [6.45, 7) is 10.2. The van der Waals surface area contributed by atoms with Crippen molar-refractivity contribution in [3.8, 4) is 0 Å². The first-order chi connectivity index (χ1) is 12.4. The first-order valence-electron chi connectivity index (χ1n) is 9.29. The van der Waals surface area contributed by atoms with Gasteiger partial charge in [0.2, 0.25) is 0 Å². The number of hydrogen-bond acceptors (Lipinski definition) is 8. The van der Waals surface area contributed by atoms with Gasteiger partial charge < -0.3 is 29.5 Å². The van der Waals surface area contributed by atoms with Crippen LogP contribution in [0, 0.1) is 17.8 Å². The number of aliphatic hydroxyl groups excluding tert-OH is 1. The van der Waals surface area contributed by atoms with Crippen LogP contribution in [0.15, 0.2) is 12.2 Å². The molecule has 3 unspecified atom stereocenters. The van der Waals surface area contributed by atoms with Gasteiger partial charge in [-0.1, -0.05) is 27.4 Å². The summed E-state index contributed by atoms with van der Waals surface area (Å²) in [6, 6.07) is 0. The van der Waals surface area contributed by atoms with E-state index in [-0.39, 0.29) is 12.0 Å². The number of ether oxygens (including phenoxy) is 3. The van der Waals surface area contributed by atoms with Gasteiger partial charge in [0.15, 0.2) is 18.0 Å². The molecule has 3 rings (SSSR count). The third-order valence-corrected chi connectivity index (χ3v) is 5.97. The molecule has 152 valence electrons. The fraction of sp³-hybridized carbons (Fsp3) is 0.789. The largest absolute Gasteiger partial charge is 0.455 e. The van der Waals surface area contributed by atoms with Crippen LogP contribution in [0.2, 0.25) is 0 Å². The van der Waals surface area contributed by atoms with Crippen LogP contribution in [-0.2, 0) is 23.8 Å². The predicted molar refractivity (Wildman–Crippen MR) is 92.1 cm³/mol. The molecule has 2 bridgehead atoms. The van der Waals surface area contributed by atoms with Crippen LogP contribution < -0.4 is 0 Å². The van der Waals surface area contributed by atoms with Crippen molar-refractivity contribution in [2.24, 2.45) is 17.8 Å². The fourth-order valence-electron chi connectivity index (χ4n) is 4.35. The van der Waals surface area contributed by atoms with Gasteiger partial charge in [0.1, 0.15) is 11.7 Å². The van der Waals surface area contributed by atoms with E-state index < -0.39 is 65.5 Å². The molecule has 0 aliphatic carbocycles. The molecule has 3 aliphatic heterocycles. The second-order valence-corrected chi connectivity index (χ2v) is 8.57. The molecule has 3 saturated heterocycles. The molecule has 0 aromatic heterocycles. The van der Waals surface area contributed by atoms with Gasteiger partial charge >= 0.3 is 11.9 Å². The maximum Gasteiger partial charge on any atom is 0.334 e. The van der Waals surface area contributed by atoms with Gasteiger partial charge in [-0.25, -0.2) is 4.79 Å². The van der Waals surface area contributed by atoms with E-state index in [0.717, 1.165) is 0 Å². The Morgan fingerprint density at radius 1 is 1.37 bits per heavy atom. The number of rotatable bonds is 2. The molecule has 8 nitrogen and oxygen atoms in total. The number of fused-ring (bicyclic) bond motifs is 3. The lowest BCUT2D eigenvalue weighted by Crippen LogP contribution is -2.57. The number of hydrogen-bond donors (Lipinski definition) is 3. The molecule has 0 spiro atoms. The Kier molecular flexibility index (Phi) is 4.91. The Bertz CT molecular complexity index is 656. The molecule has 0 amide bonds. The van der Waals surface area contributed by atoms with Crippen molar-refractivity contribution in [2.45, 2.75) is 76.3 Å². The van der Waals surface area contributed by atoms with Crippen molar-refractivity contribution >= 4 is 11.9 Å². The topological polar surface area (TPSA) is 123 Å². The molecule has 8 atom stereocenters. The van der Waals surface area contributed by atoms with Gasteiger partial charge in [0.25, 0.3) is 0 Å². The zero-order valence-electron chi connectivity index (χ0n) is 16.0. The highest BCUT2D eigenvalue weighted by Gasteiger charge is 2.63. The molecule has 27 heavy (non-hydrogen) atoms. The molecule has 8 heteroatoms. The maximum absolute atomic E-state index is 12.3. The van der Waals surface area contributed by atoms with E-state index in [4.69, 9.17) is 14.2 Å². The smallest absolute Gasteiger partial charge is 0.334 e. The fourth-order valence-corrected chi connectivity index (χ4v) is 4.35. The van der Waals surface area contributed by atoms with E-state index in [2.05, 4.69) is 6.58 Å². The molecule has 3 fully saturated rings. The van der Waals surface area contributed by atoms with E-state index >= 15 is 0 Å². The molecular formula is C19H28O8. The minimum absolute atomic E-state index is 0.0374. The van der Waals surface area contributed by atoms with Crippen LogP contribution in [0.1, 0.15) is 40.5 Å². The summed E-state index contributed by atoms with van der Waals surface area (Å²) < 4.78 is 16.6. The van der Waals surface area contributed by atoms with E-state index in [1.807, 2.05) is 0 Å². The first kappa shape index (κ1) is 20.3. The molecule has 0 saturated carbocycles. The lowest BCUT2D eigenvalue weighted by molar-refractivity contribution is -0.272. The normalized spacial score (nSPS) is 47.1. The Morgan fingerprint density at radius 2 is 2.00 bits per heavy atom. The van der Waals surface area contributed by atoms with Gasteiger partial charge in [0, 0.05) is 17.9 Å². The van der Waals surface area contributed by atoms with E-state index in [0.29, 0.717) is 6.42 Å². The molecule has 0 aromatic carbocycles. The van der Waals surface area contributed by atoms with E-state index in [1.165, 1.54) is 6.92 Å². The zero-order chi connectivity index (χ0) is 20.3. The Morgan fingerprint density at radius 3 is 2.59 bits per heavy atom. The second kappa shape index (κ2) is 6.55. The van der Waals surface area contributed by atoms with Gasteiger partial charge in [0.05, 0.1) is 17.9 Å². The summed E-state index contributed by atoms with van der Waals surface area (Å²) in [5.74, 6) is -5.24. The van der Waals surface area contributed by atoms with Crippen LogP contribution >= 0.6 is 0 Å². The number of esters is 2. The Hall–Kier alpha value is -1.48. The number of carbonyl (C=O) groups excluding carboxylic acids is 2. The molecule has 0 radical (unpaired) electrons. The van der Waals surface area contributed by atoms with Gasteiger partial charge in [-0.2, -0.15) is 0 Å². The van der Waals surface area contributed by atoms with E-state index in [9.17, 15) is 24.9 Å². The maximum atomic E-state index is 12.3. The zero-order valence-corrected chi connectivity index (χ0v) is 16.0. The summed E-state index contributed by atoms with van der Waals surface area (Å²) >= 11 is 0. The Balaban J connectivity index is 2.08. The van der Waals surface area contributed by atoms with Crippen molar-refractivity contribution in [3.05, 3.63) is 12.2 Å². The molecule has 0 aromatic rings. The SMILES string of the molecule is C=C1C(=O)OC2C1[C@H](O)[C@@]1(O)OC(C[C@H]1C)C[C@](C)(O)[C@@H]2OC(=O)C(C)C. The number of carbonyl (C=O) groups is 2. The summed E-state index contributed by atoms with van der Waals surface area (Å²) in [5, 5.41) is 33.1. The van der Waals surface area contributed by atoms with E-state index in [1.54, 1.807) is 20.8 Å². The van der Waals surface area contributed by atoms with Gasteiger partial charge in [-0.05, 0) is 13.3 Å². The minimum atomic E-state index is -1.92. The van der Waals surface area contributed by atoms with Gasteiger partial charge in [-0.15, -0.1) is 0 Å². The summed E-state index contributed by atoms with van der Waals surface area (Å²) in [6.07, 6.45) is -4.08. The lowest BCUT2D eigenvalue weighted by atomic mass is 9.75. The average molecular weight is 384 g/mol. The Labute approximate surface area is 158 Å². The predicted octanol–water partition coefficient (Wildman–Crippen LogP) is 0.281. The molecule has 3 aliphatic rings. The van der Waals surface area contributed by atoms with Crippen molar-refractivity contribution < 1.29 is 39.1 Å². The second-order valence-electron chi connectivity index (χ2n) is 8.57. The van der Waals surface area contributed by atoms with Crippen molar-refractivity contribution in [1.82, 2.24) is 0 Å². The van der Waals surface area contributed by atoms with Crippen LogP contribution in [0.25, 0.3) is 0 Å². The average Bonchev–Trinajstić information content (AvgIpc) is 3.00. The lowest BCUT2D eigenvalue weighted by Gasteiger charge is -2.40. The van der Waals surface area contributed by atoms with Crippen LogP contribution in [0.4, 0.5) is 0 Å². The minimum Gasteiger partial charge on any atom is -0.455 e. The number of aliphatic hydroxyl groups is 3. The first-order valence-corrected chi connectivity index (χ1v) is 9.29. The highest BCUT2D eigenvalue weighted by atomic mass is 16.7. The summed E-state index contributed by atoms with van der Waals surface area (Å²) in [4.78, 5) is 24.4. The third kappa shape index (κ3) is 3.18. The molecular weight excluding hydrogens is 356 g/mol. The van der Waals surface area contributed by atoms with Crippen LogP contribution in [0.5, 0.6) is 0 Å². The third-order valence-electron chi connectivity index (χ3n) is 5.97. The highest BCUT2D eigenvalue weighted by molar-refractivity contribution is 5.91. The van der Waals surface area contributed by atoms with Crippen molar-refractivity contribution in [1.29, 1.82) is 0 Å². The van der Waals surface area contributed by atoms with Gasteiger partial charge in [-0.3, -0.25) is 4.79 Å². The summed E-state index contributed by atoms with van der Waals surface area (Å²) in [7, 11) is 0. The van der Waals surface area contributed by atoms with Crippen LogP contribution in [-0.4, -0.2) is 63.1 Å². The highest BCUT2D eigenvalue weighted by Crippen LogP contribution is 2.48. The standard InChI is InChI=1S/C19H28O8/c1-8(2)16(21)26-15-13-12(10(4)17(22)25-13)14(20)19(24)9(3)6-11(27-19)7-18(15,5)23/h8-9,11-15,20,23-24H,4,6-7H2,1-3,5H3/t9-,11?,12?,13?,14+,15-,18+,19+/m1/s1. The van der Waals surface area contributed by atoms with Crippen molar-refractivity contribution in [3.63, 3.8) is 0 Å². The van der Waals surface area contributed by atoms with Crippen LogP contribution in [0.3, 0.4) is 0 Å². The molecule has 3 heterocycles.